The van der Waals surface area contributed by atoms with Crippen LogP contribution in [0.5, 0.6) is 0 Å². The zero-order valence-corrected chi connectivity index (χ0v) is 35.0. The molecule has 0 aromatic carbocycles. The smallest absolute Gasteiger partial charge is 0.472 e. The lowest BCUT2D eigenvalue weighted by Gasteiger charge is -2.19. The van der Waals surface area contributed by atoms with Crippen molar-refractivity contribution in [2.24, 2.45) is 17.6 Å². The fourth-order valence-electron chi connectivity index (χ4n) is 6.37. The quantitative estimate of drug-likeness (QED) is 0.0156. The highest BCUT2D eigenvalue weighted by Crippen LogP contribution is 2.43. The number of ether oxygens (including phenoxy) is 2. The van der Waals surface area contributed by atoms with Crippen LogP contribution in [0.3, 0.4) is 0 Å². The summed E-state index contributed by atoms with van der Waals surface area (Å²) < 4.78 is 33.1. The van der Waals surface area contributed by atoms with E-state index in [9.17, 15) is 29.3 Å². The normalized spacial score (nSPS) is 20.0. The van der Waals surface area contributed by atoms with Gasteiger partial charge in [0.25, 0.3) is 0 Å². The number of hydrogen-bond acceptors (Lipinski definition) is 10. The molecule has 0 radical (unpaired) electrons. The molecule has 1 fully saturated rings. The Labute approximate surface area is 332 Å². The monoisotopic (exact) mass is 798 g/mol. The minimum atomic E-state index is -4.34. The number of esters is 1. The lowest BCUT2D eigenvalue weighted by molar-refractivity contribution is -0.147. The van der Waals surface area contributed by atoms with Crippen LogP contribution in [0.25, 0.3) is 0 Å². The number of phosphoric ester groups is 1. The molecule has 318 valence electrons. The average Bonchev–Trinajstić information content (AvgIpc) is 3.43. The van der Waals surface area contributed by atoms with Gasteiger partial charge in [0.2, 0.25) is 0 Å². The van der Waals surface area contributed by atoms with Gasteiger partial charge in [-0.15, -0.1) is 0 Å². The molecule has 0 spiro atoms. The van der Waals surface area contributed by atoms with E-state index in [1.807, 2.05) is 18.2 Å². The summed E-state index contributed by atoms with van der Waals surface area (Å²) in [6.45, 7) is 3.78. The Morgan fingerprint density at radius 1 is 0.836 bits per heavy atom. The number of hydrogen-bond donors (Lipinski definition) is 4. The number of nitrogens with two attached hydrogens (primary N) is 1. The Kier molecular flexibility index (Phi) is 31.4. The van der Waals surface area contributed by atoms with E-state index in [0.717, 1.165) is 44.9 Å². The zero-order chi connectivity index (χ0) is 40.4. The van der Waals surface area contributed by atoms with E-state index in [0.29, 0.717) is 25.7 Å². The predicted molar refractivity (Wildman–Crippen MR) is 220 cm³/mol. The summed E-state index contributed by atoms with van der Waals surface area (Å²) in [7, 11) is -4.34. The van der Waals surface area contributed by atoms with Gasteiger partial charge in [-0.1, -0.05) is 115 Å². The molecule has 1 aliphatic rings. The number of aliphatic hydroxyl groups is 2. The molecule has 0 aromatic rings. The van der Waals surface area contributed by atoms with E-state index in [2.05, 4.69) is 26.0 Å². The fourth-order valence-corrected chi connectivity index (χ4v) is 7.13. The fraction of sp³-hybridized carbons (Fsp3) is 0.767. The first-order chi connectivity index (χ1) is 26.6. The van der Waals surface area contributed by atoms with Crippen LogP contribution >= 0.6 is 7.82 Å². The number of carbonyl (C=O) groups is 2. The molecule has 0 heterocycles. The summed E-state index contributed by atoms with van der Waals surface area (Å²) in [6.07, 6.45) is 34.5. The first kappa shape index (κ1) is 50.9. The molecule has 0 aliphatic heterocycles. The third-order valence-corrected chi connectivity index (χ3v) is 10.7. The summed E-state index contributed by atoms with van der Waals surface area (Å²) in [5.41, 5.74) is 5.35. The molecule has 11 nitrogen and oxygen atoms in total. The molecule has 0 amide bonds. The van der Waals surface area contributed by atoms with Crippen LogP contribution in [-0.2, 0) is 32.7 Å². The molecule has 0 bridgehead atoms. The number of Topliss-reactive ketones (excluding diaryl/α,β-unsaturated/α-hetero) is 1. The van der Waals surface area contributed by atoms with Gasteiger partial charge < -0.3 is 30.3 Å². The van der Waals surface area contributed by atoms with Crippen LogP contribution in [0.15, 0.2) is 48.8 Å². The second-order valence-electron chi connectivity index (χ2n) is 14.7. The van der Waals surface area contributed by atoms with Crippen molar-refractivity contribution in [2.45, 2.75) is 173 Å². The van der Waals surface area contributed by atoms with Crippen molar-refractivity contribution in [1.29, 1.82) is 0 Å². The van der Waals surface area contributed by atoms with Gasteiger partial charge in [-0.2, -0.15) is 0 Å². The van der Waals surface area contributed by atoms with Crippen molar-refractivity contribution >= 4 is 19.6 Å². The van der Waals surface area contributed by atoms with Crippen molar-refractivity contribution in [3.05, 3.63) is 48.8 Å². The average molecular weight is 798 g/mol. The number of phosphoric acid groups is 1. The van der Waals surface area contributed by atoms with E-state index in [1.54, 1.807) is 12.2 Å². The maximum Gasteiger partial charge on any atom is 0.472 e. The number of allylic oxidation sites excluding steroid dienone is 6. The molecule has 12 heteroatoms. The number of carbonyl (C=O) groups excluding carboxylic acids is 2. The Bertz CT molecular complexity index is 1140. The molecular formula is C43H76NO10P. The first-order valence-corrected chi connectivity index (χ1v) is 22.8. The Morgan fingerprint density at radius 2 is 1.44 bits per heavy atom. The van der Waals surface area contributed by atoms with Gasteiger partial charge in [0.1, 0.15) is 12.4 Å². The highest BCUT2D eigenvalue weighted by Gasteiger charge is 2.39. The molecule has 0 aromatic heterocycles. The van der Waals surface area contributed by atoms with Crippen LogP contribution < -0.4 is 5.73 Å². The number of ketones is 1. The van der Waals surface area contributed by atoms with Gasteiger partial charge in [-0.05, 0) is 70.3 Å². The second-order valence-corrected chi connectivity index (χ2v) is 16.1. The number of aliphatic hydroxyl groups excluding tert-OH is 2. The molecule has 1 unspecified atom stereocenters. The third kappa shape index (κ3) is 28.0. The van der Waals surface area contributed by atoms with Crippen LogP contribution in [0, 0.1) is 11.8 Å². The Balaban J connectivity index is 2.40. The molecule has 6 atom stereocenters. The maximum absolute atomic E-state index is 12.5. The highest BCUT2D eigenvalue weighted by atomic mass is 31.2. The van der Waals surface area contributed by atoms with Crippen LogP contribution in [0.1, 0.15) is 155 Å². The lowest BCUT2D eigenvalue weighted by Crippen LogP contribution is -2.25. The van der Waals surface area contributed by atoms with Crippen molar-refractivity contribution in [2.75, 3.05) is 26.4 Å². The first-order valence-electron chi connectivity index (χ1n) is 21.3. The number of rotatable bonds is 36. The van der Waals surface area contributed by atoms with E-state index in [1.165, 1.54) is 64.0 Å². The highest BCUT2D eigenvalue weighted by molar-refractivity contribution is 7.47. The molecule has 0 saturated heterocycles. The predicted octanol–water partition coefficient (Wildman–Crippen LogP) is 9.35. The number of unbranched alkanes of at least 4 members (excludes halogenated alkanes) is 14. The van der Waals surface area contributed by atoms with E-state index in [-0.39, 0.29) is 50.9 Å². The minimum Gasteiger partial charge on any atom is -0.492 e. The maximum atomic E-state index is 12.5. The van der Waals surface area contributed by atoms with Crippen molar-refractivity contribution in [1.82, 2.24) is 0 Å². The second kappa shape index (κ2) is 34.0. The van der Waals surface area contributed by atoms with Crippen molar-refractivity contribution in [3.63, 3.8) is 0 Å². The van der Waals surface area contributed by atoms with Gasteiger partial charge in [-0.3, -0.25) is 18.6 Å². The summed E-state index contributed by atoms with van der Waals surface area (Å²) in [5.74, 6) is -1.11. The largest absolute Gasteiger partial charge is 0.492 e. The summed E-state index contributed by atoms with van der Waals surface area (Å²) >= 11 is 0. The van der Waals surface area contributed by atoms with Crippen LogP contribution in [0.4, 0.5) is 0 Å². The van der Waals surface area contributed by atoms with E-state index >= 15 is 0 Å². The Hall–Kier alpha value is -2.11. The molecule has 55 heavy (non-hydrogen) atoms. The van der Waals surface area contributed by atoms with E-state index < -0.39 is 38.0 Å². The van der Waals surface area contributed by atoms with Crippen LogP contribution in [0.2, 0.25) is 0 Å². The molecular weight excluding hydrogens is 721 g/mol. The van der Waals surface area contributed by atoms with Gasteiger partial charge in [-0.25, -0.2) is 4.57 Å². The molecule has 1 saturated carbocycles. The lowest BCUT2D eigenvalue weighted by atomic mass is 9.90. The third-order valence-electron chi connectivity index (χ3n) is 9.68. The van der Waals surface area contributed by atoms with Gasteiger partial charge in [0.05, 0.1) is 31.7 Å². The standard InChI is InChI=1S/C43H76NO10P/c1-3-5-7-8-9-10-11-12-13-14-15-16-17-18-21-25-32-51-38(36-54-55(49,50)53-33-31-44)35-52-43(48)28-24-20-19-23-27-39-40(42(47)34-41(39)46)30-29-37(45)26-22-6-4-2/h12-13,19,23,25,29-30,32,37-41,45-46H,3-11,14-18,20-22,24,26-28,31,33-36,44H2,1-2H3,(H,49,50)/b13-12-,23-19-,30-29+,32-25+/t37-,38+,39+,40+,41-/m0/s1. The van der Waals surface area contributed by atoms with Crippen LogP contribution in [-0.4, -0.2) is 71.5 Å². The van der Waals surface area contributed by atoms with E-state index in [4.69, 9.17) is 24.3 Å². The SMILES string of the molecule is CCCCCCCC/C=C\CCCCCC/C=C/O[C@H](COC(=O)CCC/C=C\C[C@H]1[C@@H](O)CC(=O)[C@@H]1/C=C/[C@@H](O)CCCCC)COP(=O)(O)OCCN. The van der Waals surface area contributed by atoms with Crippen molar-refractivity contribution in [3.8, 4) is 0 Å². The van der Waals surface area contributed by atoms with Gasteiger partial charge in [0, 0.05) is 31.2 Å². The molecule has 1 aliphatic carbocycles. The minimum absolute atomic E-state index is 0.0122. The molecule has 1 rings (SSSR count). The van der Waals surface area contributed by atoms with Gasteiger partial charge in [0.15, 0.2) is 6.10 Å². The molecule has 5 N–H and O–H groups in total. The topological polar surface area (TPSA) is 175 Å². The van der Waals surface area contributed by atoms with Crippen molar-refractivity contribution < 1.29 is 47.8 Å². The summed E-state index contributed by atoms with van der Waals surface area (Å²) in [4.78, 5) is 34.9. The summed E-state index contributed by atoms with van der Waals surface area (Å²) in [6, 6.07) is 0. The Morgan fingerprint density at radius 3 is 2.11 bits per heavy atom. The van der Waals surface area contributed by atoms with Gasteiger partial charge >= 0.3 is 13.8 Å². The zero-order valence-electron chi connectivity index (χ0n) is 34.1. The summed E-state index contributed by atoms with van der Waals surface area (Å²) in [5, 5.41) is 20.7.